The third kappa shape index (κ3) is 5.72. The molecule has 0 aliphatic carbocycles. The maximum atomic E-state index is 13.1. The molecule has 10 heteroatoms. The van der Waals surface area contributed by atoms with Crippen LogP contribution >= 0.6 is 0 Å². The first-order valence-corrected chi connectivity index (χ1v) is 13.2. The lowest BCUT2D eigenvalue weighted by atomic mass is 10.1. The van der Waals surface area contributed by atoms with E-state index in [0.29, 0.717) is 21.8 Å². The summed E-state index contributed by atoms with van der Waals surface area (Å²) < 4.78 is 25.1. The summed E-state index contributed by atoms with van der Waals surface area (Å²) in [6.45, 7) is 5.39. The Kier molecular flexibility index (Phi) is 8.91. The minimum Gasteiger partial charge on any atom is -0.488 e. The van der Waals surface area contributed by atoms with E-state index < -0.39 is 23.1 Å². The average Bonchev–Trinajstić information content (AvgIpc) is 2.96. The van der Waals surface area contributed by atoms with Crippen LogP contribution in [0.2, 0.25) is 0 Å². The normalized spacial score (nSPS) is 11.5. The molecule has 2 heterocycles. The molecule has 0 radical (unpaired) electrons. The number of nitrogens with zero attached hydrogens (tertiary/aromatic N) is 2. The van der Waals surface area contributed by atoms with Crippen LogP contribution < -0.4 is 20.6 Å². The van der Waals surface area contributed by atoms with E-state index in [9.17, 15) is 19.2 Å². The fraction of sp³-hybridized carbons (Fsp3) is 0.290. The van der Waals surface area contributed by atoms with Gasteiger partial charge in [-0.25, -0.2) is 9.59 Å². The number of carbonyl (C=O) groups excluding carboxylic acids is 2. The molecule has 0 spiro atoms. The number of aryl methyl sites for hydroxylation is 2. The van der Waals surface area contributed by atoms with Gasteiger partial charge in [-0.15, -0.1) is 0 Å². The molecule has 2 aromatic carbocycles. The minimum atomic E-state index is -0.762. The topological polar surface area (TPSA) is 115 Å². The van der Waals surface area contributed by atoms with Crippen LogP contribution in [-0.2, 0) is 23.6 Å². The molecule has 0 aliphatic heterocycles. The maximum absolute atomic E-state index is 13.1. The number of para-hydroxylation sites is 2. The van der Waals surface area contributed by atoms with Gasteiger partial charge in [0.15, 0.2) is 11.1 Å². The van der Waals surface area contributed by atoms with Gasteiger partial charge in [-0.05, 0) is 56.7 Å². The van der Waals surface area contributed by atoms with E-state index in [4.69, 9.17) is 18.9 Å². The third-order valence-corrected chi connectivity index (χ3v) is 6.57. The Balaban J connectivity index is 1.64. The smallest absolute Gasteiger partial charge is 0.347 e. The van der Waals surface area contributed by atoms with Crippen molar-refractivity contribution in [3.8, 4) is 11.5 Å². The highest BCUT2D eigenvalue weighted by molar-refractivity contribution is 6.00. The van der Waals surface area contributed by atoms with E-state index >= 15 is 0 Å². The van der Waals surface area contributed by atoms with Crippen molar-refractivity contribution >= 4 is 33.7 Å². The maximum Gasteiger partial charge on any atom is 0.347 e. The molecule has 10 nitrogen and oxygen atoms in total. The Morgan fingerprint density at radius 2 is 1.17 bits per heavy atom. The number of aromatic nitrogens is 2. The first-order chi connectivity index (χ1) is 19.7. The summed E-state index contributed by atoms with van der Waals surface area (Å²) in [6.07, 6.45) is 1.73. The van der Waals surface area contributed by atoms with Crippen molar-refractivity contribution < 1.29 is 28.5 Å². The third-order valence-electron chi connectivity index (χ3n) is 6.57. The van der Waals surface area contributed by atoms with Crippen molar-refractivity contribution in [2.24, 2.45) is 14.1 Å². The summed E-state index contributed by atoms with van der Waals surface area (Å²) in [7, 11) is 3.18. The number of hydrogen-bond donors (Lipinski definition) is 0. The summed E-state index contributed by atoms with van der Waals surface area (Å²) >= 11 is 0. The molecule has 0 fully saturated rings. The van der Waals surface area contributed by atoms with Crippen LogP contribution in [0.15, 0.2) is 69.8 Å². The fourth-order valence-corrected chi connectivity index (χ4v) is 4.51. The van der Waals surface area contributed by atoms with Crippen molar-refractivity contribution in [3.63, 3.8) is 0 Å². The van der Waals surface area contributed by atoms with Crippen molar-refractivity contribution in [2.75, 3.05) is 26.4 Å². The van der Waals surface area contributed by atoms with Crippen LogP contribution in [0, 0.1) is 0 Å². The SMILES string of the molecule is CCOC(=O)c1c(OC/C=C(/C)COc2c(C(=O)OCC)c(=O)n(C)c3ccccc23)c2ccccc2n(C)c1=O. The molecule has 4 aromatic rings. The number of pyridine rings is 2. The van der Waals surface area contributed by atoms with E-state index in [0.717, 1.165) is 5.57 Å². The Bertz CT molecular complexity index is 1780. The van der Waals surface area contributed by atoms with Gasteiger partial charge in [0.1, 0.15) is 24.7 Å². The van der Waals surface area contributed by atoms with Crippen molar-refractivity contribution in [1.29, 1.82) is 0 Å². The molecule has 0 bridgehead atoms. The highest BCUT2D eigenvalue weighted by Gasteiger charge is 2.25. The first-order valence-electron chi connectivity index (χ1n) is 13.2. The van der Waals surface area contributed by atoms with Gasteiger partial charge in [0.25, 0.3) is 11.1 Å². The highest BCUT2D eigenvalue weighted by Crippen LogP contribution is 2.29. The number of fused-ring (bicyclic) bond motifs is 2. The van der Waals surface area contributed by atoms with Crippen molar-refractivity contribution in [3.05, 3.63) is 92.0 Å². The second-order valence-electron chi connectivity index (χ2n) is 9.26. The Labute approximate surface area is 236 Å². The zero-order valence-electron chi connectivity index (χ0n) is 23.7. The number of hydrogen-bond acceptors (Lipinski definition) is 8. The predicted molar refractivity (Wildman–Crippen MR) is 155 cm³/mol. The standard InChI is InChI=1S/C31H32N2O8/c1-6-38-30(36)24-26(20-12-8-10-14-22(20)32(4)28(24)34)40-17-16-19(3)18-41-27-21-13-9-11-15-23(21)33(5)29(35)25(27)31(37)39-7-2/h8-16H,6-7,17-18H2,1-5H3/b19-16-. The molecule has 0 amide bonds. The average molecular weight is 561 g/mol. The van der Waals surface area contributed by atoms with E-state index in [2.05, 4.69) is 0 Å². The second kappa shape index (κ2) is 12.5. The van der Waals surface area contributed by atoms with Gasteiger partial charge >= 0.3 is 11.9 Å². The molecule has 0 saturated carbocycles. The predicted octanol–water partition coefficient (Wildman–Crippen LogP) is 4.15. The quantitative estimate of drug-likeness (QED) is 0.210. The van der Waals surface area contributed by atoms with E-state index in [1.807, 2.05) is 0 Å². The van der Waals surface area contributed by atoms with Crippen LogP contribution in [0.5, 0.6) is 11.5 Å². The van der Waals surface area contributed by atoms with Crippen LogP contribution in [0.4, 0.5) is 0 Å². The zero-order chi connectivity index (χ0) is 29.7. The van der Waals surface area contributed by atoms with Crippen molar-refractivity contribution in [1.82, 2.24) is 9.13 Å². The Morgan fingerprint density at radius 1 is 0.732 bits per heavy atom. The Morgan fingerprint density at radius 3 is 1.63 bits per heavy atom. The van der Waals surface area contributed by atoms with Gasteiger partial charge in [-0.2, -0.15) is 0 Å². The molecular weight excluding hydrogens is 528 g/mol. The molecule has 0 atom stereocenters. The molecule has 4 rings (SSSR count). The van der Waals surface area contributed by atoms with Gasteiger partial charge in [-0.3, -0.25) is 9.59 Å². The van der Waals surface area contributed by atoms with Gasteiger partial charge in [0.2, 0.25) is 0 Å². The lowest BCUT2D eigenvalue weighted by Gasteiger charge is -2.16. The summed E-state index contributed by atoms with van der Waals surface area (Å²) in [6, 6.07) is 14.2. The van der Waals surface area contributed by atoms with Crippen LogP contribution in [0.25, 0.3) is 21.8 Å². The Hall–Kier alpha value is -4.86. The zero-order valence-corrected chi connectivity index (χ0v) is 23.7. The number of esters is 2. The number of ether oxygens (including phenoxy) is 4. The molecular formula is C31H32N2O8. The number of rotatable bonds is 10. The lowest BCUT2D eigenvalue weighted by Crippen LogP contribution is -2.27. The number of benzene rings is 2. The van der Waals surface area contributed by atoms with Gasteiger partial charge < -0.3 is 28.1 Å². The van der Waals surface area contributed by atoms with Gasteiger partial charge in [-0.1, -0.05) is 24.3 Å². The summed E-state index contributed by atoms with van der Waals surface area (Å²) in [5, 5.41) is 1.18. The molecule has 0 unspecified atom stereocenters. The van der Waals surface area contributed by atoms with E-state index in [1.165, 1.54) is 9.13 Å². The first kappa shape index (κ1) is 29.1. The van der Waals surface area contributed by atoms with Crippen LogP contribution in [0.1, 0.15) is 41.5 Å². The molecule has 0 aliphatic rings. The molecule has 41 heavy (non-hydrogen) atoms. The lowest BCUT2D eigenvalue weighted by molar-refractivity contribution is 0.0509. The highest BCUT2D eigenvalue weighted by atomic mass is 16.5. The molecule has 0 saturated heterocycles. The van der Waals surface area contributed by atoms with Crippen LogP contribution in [-0.4, -0.2) is 47.5 Å². The summed E-state index contributed by atoms with van der Waals surface area (Å²) in [5.74, 6) is -1.25. The largest absolute Gasteiger partial charge is 0.488 e. The summed E-state index contributed by atoms with van der Waals surface area (Å²) in [5.41, 5.74) is 0.527. The van der Waals surface area contributed by atoms with Gasteiger partial charge in [0, 0.05) is 24.9 Å². The fourth-order valence-electron chi connectivity index (χ4n) is 4.51. The molecule has 0 N–H and O–H groups in total. The van der Waals surface area contributed by atoms with E-state index in [1.54, 1.807) is 89.5 Å². The van der Waals surface area contributed by atoms with Crippen molar-refractivity contribution in [2.45, 2.75) is 20.8 Å². The monoisotopic (exact) mass is 560 g/mol. The summed E-state index contributed by atoms with van der Waals surface area (Å²) in [4.78, 5) is 51.6. The van der Waals surface area contributed by atoms with Gasteiger partial charge in [0.05, 0.1) is 24.2 Å². The van der Waals surface area contributed by atoms with Crippen LogP contribution in [0.3, 0.4) is 0 Å². The minimum absolute atomic E-state index is 0.0147. The molecule has 2 aromatic heterocycles. The number of carbonyl (C=O) groups is 2. The second-order valence-corrected chi connectivity index (χ2v) is 9.26. The van der Waals surface area contributed by atoms with E-state index in [-0.39, 0.29) is 49.1 Å². The molecule has 214 valence electrons.